The summed E-state index contributed by atoms with van der Waals surface area (Å²) in [5.41, 5.74) is 0.187. The van der Waals surface area contributed by atoms with Gasteiger partial charge in [0.05, 0.1) is 21.3 Å². The van der Waals surface area contributed by atoms with Gasteiger partial charge in [-0.2, -0.15) is 0 Å². The van der Waals surface area contributed by atoms with Gasteiger partial charge in [0.2, 0.25) is 0 Å². The highest BCUT2D eigenvalue weighted by Gasteiger charge is 2.23. The highest BCUT2D eigenvalue weighted by molar-refractivity contribution is 6.01. The van der Waals surface area contributed by atoms with Crippen molar-refractivity contribution in [3.63, 3.8) is 0 Å². The first kappa shape index (κ1) is 19.9. The Kier molecular flexibility index (Phi) is 5.82. The van der Waals surface area contributed by atoms with Gasteiger partial charge in [-0.1, -0.05) is 0 Å². The van der Waals surface area contributed by atoms with Gasteiger partial charge in [0.1, 0.15) is 23.5 Å². The van der Waals surface area contributed by atoms with Gasteiger partial charge in [-0.05, 0) is 24.3 Å². The minimum Gasteiger partial charge on any atom is -0.497 e. The Morgan fingerprint density at radius 2 is 1.83 bits per heavy atom. The monoisotopic (exact) mass is 398 g/mol. The van der Waals surface area contributed by atoms with Gasteiger partial charge in [0, 0.05) is 28.6 Å². The molecule has 0 N–H and O–H groups in total. The van der Waals surface area contributed by atoms with E-state index < -0.39 is 11.6 Å². The van der Waals surface area contributed by atoms with Crippen molar-refractivity contribution < 1.29 is 33.0 Å². The number of aldehydes is 1. The Hall–Kier alpha value is -3.81. The summed E-state index contributed by atoms with van der Waals surface area (Å²) < 4.78 is 26.1. The molecule has 0 fully saturated rings. The van der Waals surface area contributed by atoms with Crippen LogP contribution in [0.1, 0.15) is 26.3 Å². The average Bonchev–Trinajstić information content (AvgIpc) is 2.75. The molecule has 0 saturated heterocycles. The molecule has 0 unspecified atom stereocenters. The first-order valence-electron chi connectivity index (χ1n) is 8.50. The second kappa shape index (κ2) is 8.47. The van der Waals surface area contributed by atoms with Gasteiger partial charge in [-0.3, -0.25) is 4.79 Å². The summed E-state index contributed by atoms with van der Waals surface area (Å²) in [6, 6.07) is 9.15. The van der Waals surface area contributed by atoms with Crippen LogP contribution in [-0.4, -0.2) is 33.6 Å². The summed E-state index contributed by atoms with van der Waals surface area (Å²) in [5.74, 6) is 0.0940. The van der Waals surface area contributed by atoms with Crippen LogP contribution in [0, 0.1) is 0 Å². The van der Waals surface area contributed by atoms with Crippen molar-refractivity contribution in [2.45, 2.75) is 6.61 Å². The lowest BCUT2D eigenvalue weighted by atomic mass is 10.1. The topological polar surface area (TPSA) is 101 Å². The van der Waals surface area contributed by atoms with Crippen molar-refractivity contribution in [1.82, 2.24) is 0 Å². The van der Waals surface area contributed by atoms with E-state index in [1.54, 1.807) is 18.2 Å². The molecule has 0 bridgehead atoms. The zero-order valence-corrected chi connectivity index (χ0v) is 16.0. The lowest BCUT2D eigenvalue weighted by Gasteiger charge is -2.14. The predicted molar refractivity (Wildman–Crippen MR) is 103 cm³/mol. The summed E-state index contributed by atoms with van der Waals surface area (Å²) in [6.07, 6.45) is 0.525. The van der Waals surface area contributed by atoms with Crippen LogP contribution in [0.4, 0.5) is 0 Å². The van der Waals surface area contributed by atoms with E-state index in [1.807, 2.05) is 0 Å². The third kappa shape index (κ3) is 3.91. The molecule has 1 heterocycles. The summed E-state index contributed by atoms with van der Waals surface area (Å²) in [4.78, 5) is 36.0. The van der Waals surface area contributed by atoms with Crippen LogP contribution in [0.15, 0.2) is 45.6 Å². The van der Waals surface area contributed by atoms with Gasteiger partial charge < -0.3 is 23.4 Å². The van der Waals surface area contributed by atoms with E-state index in [2.05, 4.69) is 0 Å². The average molecular weight is 398 g/mol. The highest BCUT2D eigenvalue weighted by Crippen LogP contribution is 2.34. The van der Waals surface area contributed by atoms with Crippen molar-refractivity contribution in [3.05, 3.63) is 63.5 Å². The third-order valence-corrected chi connectivity index (χ3v) is 4.31. The number of carbonyl (C=O) groups excluding carboxylic acids is 2. The van der Waals surface area contributed by atoms with E-state index in [4.69, 9.17) is 23.4 Å². The van der Waals surface area contributed by atoms with E-state index in [0.29, 0.717) is 28.6 Å². The van der Waals surface area contributed by atoms with Crippen molar-refractivity contribution in [1.29, 1.82) is 0 Å². The molecular formula is C21H18O8. The van der Waals surface area contributed by atoms with Crippen LogP contribution < -0.4 is 19.8 Å². The Labute approximate surface area is 165 Å². The molecule has 0 aliphatic carbocycles. The smallest absolute Gasteiger partial charge is 0.343 e. The molecule has 0 radical (unpaired) electrons. The van der Waals surface area contributed by atoms with Crippen LogP contribution >= 0.6 is 0 Å². The van der Waals surface area contributed by atoms with E-state index in [-0.39, 0.29) is 29.2 Å². The maximum absolute atomic E-state index is 12.7. The molecule has 0 amide bonds. The van der Waals surface area contributed by atoms with Crippen molar-refractivity contribution in [3.8, 4) is 17.2 Å². The fraction of sp³-hybridized carbons (Fsp3) is 0.190. The first-order chi connectivity index (χ1) is 14.0. The molecule has 0 aliphatic rings. The summed E-state index contributed by atoms with van der Waals surface area (Å²) in [7, 11) is 4.26. The van der Waals surface area contributed by atoms with Crippen LogP contribution in [0.25, 0.3) is 11.0 Å². The van der Waals surface area contributed by atoms with E-state index >= 15 is 0 Å². The summed E-state index contributed by atoms with van der Waals surface area (Å²) in [6.45, 7) is -0.216. The minimum atomic E-state index is -0.794. The molecule has 0 aliphatic heterocycles. The second-order valence-corrected chi connectivity index (χ2v) is 5.91. The molecule has 3 rings (SSSR count). The van der Waals surface area contributed by atoms with Gasteiger partial charge in [-0.15, -0.1) is 0 Å². The summed E-state index contributed by atoms with van der Waals surface area (Å²) >= 11 is 0. The minimum absolute atomic E-state index is 0.0595. The van der Waals surface area contributed by atoms with Gasteiger partial charge in [0.15, 0.2) is 17.8 Å². The number of rotatable bonds is 7. The number of benzene rings is 2. The second-order valence-electron chi connectivity index (χ2n) is 5.91. The van der Waals surface area contributed by atoms with Gasteiger partial charge in [-0.25, -0.2) is 9.59 Å². The Bertz CT molecular complexity index is 1130. The number of hydrogen-bond acceptors (Lipinski definition) is 8. The Morgan fingerprint density at radius 3 is 2.48 bits per heavy atom. The summed E-state index contributed by atoms with van der Waals surface area (Å²) in [5, 5.41) is 0.589. The molecular weight excluding hydrogens is 380 g/mol. The quantitative estimate of drug-likeness (QED) is 0.340. The van der Waals surface area contributed by atoms with Crippen molar-refractivity contribution in [2.24, 2.45) is 0 Å². The number of ether oxygens (including phenoxy) is 4. The predicted octanol–water partition coefficient (Wildman–Crippen LogP) is 2.99. The SMILES string of the molecule is COc1ccc2c(COC(=O)c3c(C=O)ccc(OC)c3OC)cc(=O)oc2c1. The van der Waals surface area contributed by atoms with Crippen LogP contribution in [0.2, 0.25) is 0 Å². The zero-order valence-electron chi connectivity index (χ0n) is 16.0. The van der Waals surface area contributed by atoms with Gasteiger partial charge in [0.25, 0.3) is 0 Å². The Balaban J connectivity index is 1.96. The zero-order chi connectivity index (χ0) is 21.0. The van der Waals surface area contributed by atoms with Crippen LogP contribution in [-0.2, 0) is 11.3 Å². The molecule has 150 valence electrons. The lowest BCUT2D eigenvalue weighted by Crippen LogP contribution is -2.12. The molecule has 0 saturated carbocycles. The molecule has 0 atom stereocenters. The van der Waals surface area contributed by atoms with E-state index in [1.165, 1.54) is 39.5 Å². The third-order valence-electron chi connectivity index (χ3n) is 4.31. The fourth-order valence-corrected chi connectivity index (χ4v) is 2.92. The molecule has 1 aromatic heterocycles. The molecule has 8 heteroatoms. The molecule has 2 aromatic carbocycles. The standard InChI is InChI=1S/C21H18O8/c1-25-14-5-6-15-13(8-18(23)29-17(15)9-14)11-28-21(24)19-12(10-22)4-7-16(26-2)20(19)27-3/h4-10H,11H2,1-3H3. The normalized spacial score (nSPS) is 10.4. The fourth-order valence-electron chi connectivity index (χ4n) is 2.92. The van der Waals surface area contributed by atoms with E-state index in [9.17, 15) is 14.4 Å². The molecule has 3 aromatic rings. The Morgan fingerprint density at radius 1 is 1.03 bits per heavy atom. The largest absolute Gasteiger partial charge is 0.497 e. The molecule has 29 heavy (non-hydrogen) atoms. The number of esters is 1. The molecule has 0 spiro atoms. The maximum atomic E-state index is 12.7. The highest BCUT2D eigenvalue weighted by atomic mass is 16.5. The van der Waals surface area contributed by atoms with Crippen LogP contribution in [0.3, 0.4) is 0 Å². The molecule has 8 nitrogen and oxygen atoms in total. The first-order valence-corrected chi connectivity index (χ1v) is 8.50. The van der Waals surface area contributed by atoms with Gasteiger partial charge >= 0.3 is 11.6 Å². The van der Waals surface area contributed by atoms with Crippen molar-refractivity contribution in [2.75, 3.05) is 21.3 Å². The van der Waals surface area contributed by atoms with Crippen molar-refractivity contribution >= 4 is 23.2 Å². The maximum Gasteiger partial charge on any atom is 0.343 e. The van der Waals surface area contributed by atoms with E-state index in [0.717, 1.165) is 0 Å². The number of carbonyl (C=O) groups is 2. The lowest BCUT2D eigenvalue weighted by molar-refractivity contribution is 0.0467. The number of hydrogen-bond donors (Lipinski definition) is 0. The van der Waals surface area contributed by atoms with Crippen LogP contribution in [0.5, 0.6) is 17.2 Å². The number of methoxy groups -OCH3 is 3. The number of fused-ring (bicyclic) bond motifs is 1.